The van der Waals surface area contributed by atoms with Gasteiger partial charge in [-0.25, -0.2) is 9.97 Å². The van der Waals surface area contributed by atoms with Gasteiger partial charge >= 0.3 is 0 Å². The fraction of sp³-hybridized carbons (Fsp3) is 0.0625. The molecule has 3 heteroatoms. The van der Waals surface area contributed by atoms with Gasteiger partial charge in [0.05, 0.1) is 5.69 Å². The highest BCUT2D eigenvalue weighted by Gasteiger charge is 2.13. The summed E-state index contributed by atoms with van der Waals surface area (Å²) in [6.07, 6.45) is 1.70. The smallest absolute Gasteiger partial charge is 0.194 e. The maximum Gasteiger partial charge on any atom is 0.194 e. The quantitative estimate of drug-likeness (QED) is 0.654. The SMILES string of the molecule is Cc1nc2ncccc2cc1C(=O)c1ccccc1. The minimum Gasteiger partial charge on any atom is -0.289 e. The predicted molar refractivity (Wildman–Crippen MR) is 74.1 cm³/mol. The molecule has 0 aliphatic rings. The maximum absolute atomic E-state index is 12.5. The van der Waals surface area contributed by atoms with Crippen LogP contribution in [-0.2, 0) is 0 Å². The standard InChI is InChI=1S/C16H12N2O/c1-11-14(15(19)12-6-3-2-4-7-12)10-13-8-5-9-17-16(13)18-11/h2-10H,1H3. The molecule has 0 bridgehead atoms. The van der Waals surface area contributed by atoms with E-state index in [1.165, 1.54) is 0 Å². The van der Waals surface area contributed by atoms with E-state index in [0.717, 1.165) is 5.39 Å². The molecular formula is C16H12N2O. The van der Waals surface area contributed by atoms with Gasteiger partial charge in [-0.3, -0.25) is 4.79 Å². The molecule has 0 saturated carbocycles. The molecule has 0 N–H and O–H groups in total. The lowest BCUT2D eigenvalue weighted by molar-refractivity contribution is 0.103. The first kappa shape index (κ1) is 11.5. The van der Waals surface area contributed by atoms with E-state index in [4.69, 9.17) is 0 Å². The molecule has 1 aromatic carbocycles. The number of carbonyl (C=O) groups excluding carboxylic acids is 1. The summed E-state index contributed by atoms with van der Waals surface area (Å²) in [4.78, 5) is 21.0. The zero-order valence-corrected chi connectivity index (χ0v) is 10.5. The average Bonchev–Trinajstić information content (AvgIpc) is 2.47. The lowest BCUT2D eigenvalue weighted by Gasteiger charge is -2.06. The number of nitrogens with zero attached hydrogens (tertiary/aromatic N) is 2. The van der Waals surface area contributed by atoms with Crippen molar-refractivity contribution in [1.29, 1.82) is 0 Å². The second kappa shape index (κ2) is 4.61. The number of rotatable bonds is 2. The summed E-state index contributed by atoms with van der Waals surface area (Å²) in [5.74, 6) is -0.00338. The van der Waals surface area contributed by atoms with E-state index in [9.17, 15) is 4.79 Å². The Morgan fingerprint density at radius 1 is 1.05 bits per heavy atom. The lowest BCUT2D eigenvalue weighted by atomic mass is 10.0. The number of hydrogen-bond donors (Lipinski definition) is 0. The topological polar surface area (TPSA) is 42.9 Å². The molecule has 0 spiro atoms. The van der Waals surface area contributed by atoms with Crippen LogP contribution in [0, 0.1) is 6.92 Å². The fourth-order valence-corrected chi connectivity index (χ4v) is 2.07. The van der Waals surface area contributed by atoms with Gasteiger partial charge in [0.1, 0.15) is 0 Å². The molecule has 0 saturated heterocycles. The highest BCUT2D eigenvalue weighted by Crippen LogP contribution is 2.17. The Morgan fingerprint density at radius 2 is 1.84 bits per heavy atom. The summed E-state index contributed by atoms with van der Waals surface area (Å²) >= 11 is 0. The first-order valence-electron chi connectivity index (χ1n) is 6.08. The fourth-order valence-electron chi connectivity index (χ4n) is 2.07. The zero-order chi connectivity index (χ0) is 13.2. The number of aromatic nitrogens is 2. The highest BCUT2D eigenvalue weighted by molar-refractivity contribution is 6.10. The van der Waals surface area contributed by atoms with E-state index < -0.39 is 0 Å². The number of aryl methyl sites for hydroxylation is 1. The van der Waals surface area contributed by atoms with Crippen LogP contribution in [0.5, 0.6) is 0 Å². The molecule has 0 aliphatic heterocycles. The number of fused-ring (bicyclic) bond motifs is 1. The molecule has 92 valence electrons. The van der Waals surface area contributed by atoms with Gasteiger partial charge in [0, 0.05) is 22.7 Å². The predicted octanol–water partition coefficient (Wildman–Crippen LogP) is 3.17. The second-order valence-electron chi connectivity index (χ2n) is 4.37. The molecule has 0 amide bonds. The van der Waals surface area contributed by atoms with Crippen molar-refractivity contribution in [3.8, 4) is 0 Å². The van der Waals surface area contributed by atoms with E-state index in [2.05, 4.69) is 9.97 Å². The Bertz CT molecular complexity index is 751. The molecule has 0 aliphatic carbocycles. The molecule has 0 fully saturated rings. The van der Waals surface area contributed by atoms with Crippen LogP contribution >= 0.6 is 0 Å². The van der Waals surface area contributed by atoms with E-state index in [1.807, 2.05) is 55.5 Å². The van der Waals surface area contributed by atoms with Crippen molar-refractivity contribution in [3.05, 3.63) is 71.5 Å². The number of pyridine rings is 2. The first-order valence-corrected chi connectivity index (χ1v) is 6.08. The van der Waals surface area contributed by atoms with Crippen LogP contribution in [0.1, 0.15) is 21.6 Å². The van der Waals surface area contributed by atoms with Crippen LogP contribution in [0.25, 0.3) is 11.0 Å². The molecule has 3 nitrogen and oxygen atoms in total. The minimum absolute atomic E-state index is 0.00338. The molecule has 0 unspecified atom stereocenters. The highest BCUT2D eigenvalue weighted by atomic mass is 16.1. The van der Waals surface area contributed by atoms with E-state index >= 15 is 0 Å². The van der Waals surface area contributed by atoms with Gasteiger partial charge in [0.25, 0.3) is 0 Å². The molecule has 0 atom stereocenters. The summed E-state index contributed by atoms with van der Waals surface area (Å²) in [5, 5.41) is 0.882. The Hall–Kier alpha value is -2.55. The van der Waals surface area contributed by atoms with Crippen molar-refractivity contribution in [2.45, 2.75) is 6.92 Å². The molecule has 3 aromatic rings. The maximum atomic E-state index is 12.5. The molecule has 19 heavy (non-hydrogen) atoms. The van der Waals surface area contributed by atoms with Gasteiger partial charge < -0.3 is 0 Å². The van der Waals surface area contributed by atoms with Gasteiger partial charge in [-0.2, -0.15) is 0 Å². The number of hydrogen-bond acceptors (Lipinski definition) is 3. The third-order valence-electron chi connectivity index (χ3n) is 3.06. The van der Waals surface area contributed by atoms with Crippen LogP contribution in [0.2, 0.25) is 0 Å². The van der Waals surface area contributed by atoms with Crippen LogP contribution in [0.4, 0.5) is 0 Å². The van der Waals surface area contributed by atoms with Crippen molar-refractivity contribution in [2.75, 3.05) is 0 Å². The van der Waals surface area contributed by atoms with E-state index in [1.54, 1.807) is 6.20 Å². The van der Waals surface area contributed by atoms with Gasteiger partial charge in [-0.1, -0.05) is 30.3 Å². The van der Waals surface area contributed by atoms with E-state index in [0.29, 0.717) is 22.5 Å². The van der Waals surface area contributed by atoms with Gasteiger partial charge in [-0.15, -0.1) is 0 Å². The summed E-state index contributed by atoms with van der Waals surface area (Å²) in [5.41, 5.74) is 2.69. The Balaban J connectivity index is 2.15. The van der Waals surface area contributed by atoms with Crippen LogP contribution in [-0.4, -0.2) is 15.8 Å². The van der Waals surface area contributed by atoms with Crippen molar-refractivity contribution < 1.29 is 4.79 Å². The van der Waals surface area contributed by atoms with Gasteiger partial charge in [0.15, 0.2) is 11.4 Å². The summed E-state index contributed by atoms with van der Waals surface area (Å²) in [6.45, 7) is 1.84. The van der Waals surface area contributed by atoms with Crippen molar-refractivity contribution in [1.82, 2.24) is 9.97 Å². The summed E-state index contributed by atoms with van der Waals surface area (Å²) < 4.78 is 0. The van der Waals surface area contributed by atoms with Crippen molar-refractivity contribution in [2.24, 2.45) is 0 Å². The number of ketones is 1. The number of carbonyl (C=O) groups is 1. The molecule has 0 radical (unpaired) electrons. The van der Waals surface area contributed by atoms with Crippen molar-refractivity contribution >= 4 is 16.8 Å². The third kappa shape index (κ3) is 2.10. The normalized spacial score (nSPS) is 10.6. The Labute approximate surface area is 111 Å². The molecule has 3 rings (SSSR count). The Morgan fingerprint density at radius 3 is 2.63 bits per heavy atom. The first-order chi connectivity index (χ1) is 9.25. The van der Waals surface area contributed by atoms with E-state index in [-0.39, 0.29) is 5.78 Å². The largest absolute Gasteiger partial charge is 0.289 e. The minimum atomic E-state index is -0.00338. The molecule has 2 aromatic heterocycles. The zero-order valence-electron chi connectivity index (χ0n) is 10.5. The molecular weight excluding hydrogens is 236 g/mol. The second-order valence-corrected chi connectivity index (χ2v) is 4.37. The van der Waals surface area contributed by atoms with Crippen LogP contribution in [0.3, 0.4) is 0 Å². The van der Waals surface area contributed by atoms with Gasteiger partial charge in [-0.05, 0) is 25.1 Å². The van der Waals surface area contributed by atoms with Crippen LogP contribution < -0.4 is 0 Å². The molecule has 2 heterocycles. The Kier molecular flexibility index (Phi) is 2.80. The van der Waals surface area contributed by atoms with Crippen molar-refractivity contribution in [3.63, 3.8) is 0 Å². The van der Waals surface area contributed by atoms with Crippen LogP contribution in [0.15, 0.2) is 54.7 Å². The monoisotopic (exact) mass is 248 g/mol. The summed E-state index contributed by atoms with van der Waals surface area (Å²) in [7, 11) is 0. The summed E-state index contributed by atoms with van der Waals surface area (Å²) in [6, 6.07) is 14.9. The van der Waals surface area contributed by atoms with Gasteiger partial charge in [0.2, 0.25) is 0 Å². The average molecular weight is 248 g/mol. The third-order valence-corrected chi connectivity index (χ3v) is 3.06. The lowest BCUT2D eigenvalue weighted by Crippen LogP contribution is -2.05. The number of benzene rings is 1.